The molecule has 0 radical (unpaired) electrons. The summed E-state index contributed by atoms with van der Waals surface area (Å²) in [5.41, 5.74) is 0. The molecule has 0 spiro atoms. The van der Waals surface area contributed by atoms with E-state index in [2.05, 4.69) is 22.1 Å². The fraction of sp³-hybridized carbons (Fsp3) is 0.800. The summed E-state index contributed by atoms with van der Waals surface area (Å²) in [6, 6.07) is 0.783. The first-order valence-corrected chi connectivity index (χ1v) is 4.76. The van der Waals surface area contributed by atoms with Crippen LogP contribution in [0.5, 0.6) is 0 Å². The van der Waals surface area contributed by atoms with E-state index in [0.717, 1.165) is 18.5 Å². The molecule has 2 rings (SSSR count). The monoisotopic (exact) mass is 164 g/mol. The maximum atomic E-state index is 3.44. The van der Waals surface area contributed by atoms with Crippen molar-refractivity contribution in [2.75, 3.05) is 26.2 Å². The van der Waals surface area contributed by atoms with Crippen LogP contribution in [0, 0.1) is 17.8 Å². The summed E-state index contributed by atoms with van der Waals surface area (Å²) in [5.74, 6) is 7.02. The second-order valence-corrected chi connectivity index (χ2v) is 3.67. The molecule has 2 heterocycles. The van der Waals surface area contributed by atoms with Crippen LogP contribution in [0.4, 0.5) is 0 Å². The second kappa shape index (κ2) is 3.47. The third kappa shape index (κ3) is 1.35. The summed E-state index contributed by atoms with van der Waals surface area (Å²) in [4.78, 5) is 2.52. The van der Waals surface area contributed by atoms with Crippen LogP contribution < -0.4 is 5.32 Å². The minimum atomic E-state index is 0.783. The predicted molar refractivity (Wildman–Crippen MR) is 49.8 cm³/mol. The van der Waals surface area contributed by atoms with Gasteiger partial charge in [-0.05, 0) is 32.4 Å². The topological polar surface area (TPSA) is 15.3 Å². The SMILES string of the molecule is CC#CCN1CCC2CNCC21. The smallest absolute Gasteiger partial charge is 0.0604 e. The quantitative estimate of drug-likeness (QED) is 0.561. The highest BCUT2D eigenvalue weighted by molar-refractivity contribution is 5.03. The van der Waals surface area contributed by atoms with Crippen LogP contribution in [0.15, 0.2) is 0 Å². The molecule has 2 fully saturated rings. The molecule has 66 valence electrons. The first kappa shape index (κ1) is 8.10. The standard InChI is InChI=1S/C10H16N2/c1-2-3-5-12-6-4-9-7-11-8-10(9)12/h9-11H,4-8H2,1H3. The van der Waals surface area contributed by atoms with Crippen molar-refractivity contribution in [3.63, 3.8) is 0 Å². The summed E-state index contributed by atoms with van der Waals surface area (Å²) in [7, 11) is 0. The Hall–Kier alpha value is -0.520. The van der Waals surface area contributed by atoms with Crippen LogP contribution in [0.1, 0.15) is 13.3 Å². The van der Waals surface area contributed by atoms with Gasteiger partial charge in [0, 0.05) is 12.6 Å². The lowest BCUT2D eigenvalue weighted by Gasteiger charge is -2.19. The van der Waals surface area contributed by atoms with Crippen LogP contribution in [-0.2, 0) is 0 Å². The van der Waals surface area contributed by atoms with E-state index in [1.54, 1.807) is 0 Å². The van der Waals surface area contributed by atoms with Gasteiger partial charge in [-0.3, -0.25) is 4.90 Å². The lowest BCUT2D eigenvalue weighted by molar-refractivity contribution is 0.283. The molecule has 2 aliphatic rings. The molecule has 0 aromatic rings. The van der Waals surface area contributed by atoms with E-state index < -0.39 is 0 Å². The summed E-state index contributed by atoms with van der Waals surface area (Å²) < 4.78 is 0. The van der Waals surface area contributed by atoms with Gasteiger partial charge < -0.3 is 5.32 Å². The molecule has 0 aliphatic carbocycles. The molecule has 0 aromatic carbocycles. The summed E-state index contributed by atoms with van der Waals surface area (Å²) in [6.45, 7) is 6.54. The van der Waals surface area contributed by atoms with Gasteiger partial charge in [-0.25, -0.2) is 0 Å². The third-order valence-corrected chi connectivity index (χ3v) is 3.02. The molecule has 12 heavy (non-hydrogen) atoms. The molecule has 2 aliphatic heterocycles. The van der Waals surface area contributed by atoms with Gasteiger partial charge in [0.15, 0.2) is 0 Å². The molecule has 0 aromatic heterocycles. The number of nitrogens with one attached hydrogen (secondary N) is 1. The molecule has 2 heteroatoms. The molecular weight excluding hydrogens is 148 g/mol. The van der Waals surface area contributed by atoms with Crippen molar-refractivity contribution in [3.8, 4) is 11.8 Å². The van der Waals surface area contributed by atoms with Gasteiger partial charge in [-0.15, -0.1) is 5.92 Å². The van der Waals surface area contributed by atoms with Crippen LogP contribution in [0.25, 0.3) is 0 Å². The average molecular weight is 164 g/mol. The molecular formula is C10H16N2. The van der Waals surface area contributed by atoms with E-state index in [4.69, 9.17) is 0 Å². The Kier molecular flexibility index (Phi) is 2.34. The summed E-state index contributed by atoms with van der Waals surface area (Å²) in [5, 5.41) is 3.44. The highest BCUT2D eigenvalue weighted by Gasteiger charge is 2.36. The zero-order valence-corrected chi connectivity index (χ0v) is 7.64. The molecule has 0 bridgehead atoms. The Balaban J connectivity index is 1.93. The van der Waals surface area contributed by atoms with Crippen LogP contribution in [0.3, 0.4) is 0 Å². The first-order valence-electron chi connectivity index (χ1n) is 4.76. The van der Waals surface area contributed by atoms with Gasteiger partial charge in [0.05, 0.1) is 6.54 Å². The van der Waals surface area contributed by atoms with E-state index in [1.165, 1.54) is 26.1 Å². The lowest BCUT2D eigenvalue weighted by atomic mass is 10.1. The highest BCUT2D eigenvalue weighted by Crippen LogP contribution is 2.26. The molecule has 2 nitrogen and oxygen atoms in total. The fourth-order valence-corrected chi connectivity index (χ4v) is 2.32. The van der Waals surface area contributed by atoms with Crippen molar-refractivity contribution < 1.29 is 0 Å². The van der Waals surface area contributed by atoms with E-state index >= 15 is 0 Å². The van der Waals surface area contributed by atoms with Crippen LogP contribution in [0.2, 0.25) is 0 Å². The number of fused-ring (bicyclic) bond motifs is 1. The zero-order chi connectivity index (χ0) is 8.39. The maximum Gasteiger partial charge on any atom is 0.0604 e. The average Bonchev–Trinajstić information content (AvgIpc) is 2.62. The number of nitrogens with zero attached hydrogens (tertiary/aromatic N) is 1. The number of hydrogen-bond acceptors (Lipinski definition) is 2. The Labute approximate surface area is 74.3 Å². The molecule has 2 unspecified atom stereocenters. The predicted octanol–water partition coefficient (Wildman–Crippen LogP) is 0.303. The Bertz CT molecular complexity index is 214. The Morgan fingerprint density at radius 2 is 2.42 bits per heavy atom. The number of hydrogen-bond donors (Lipinski definition) is 1. The minimum absolute atomic E-state index is 0.783. The molecule has 0 saturated carbocycles. The molecule has 1 N–H and O–H groups in total. The normalized spacial score (nSPS) is 34.4. The molecule has 2 saturated heterocycles. The van der Waals surface area contributed by atoms with Gasteiger partial charge in [-0.2, -0.15) is 0 Å². The zero-order valence-electron chi connectivity index (χ0n) is 7.64. The third-order valence-electron chi connectivity index (χ3n) is 3.02. The second-order valence-electron chi connectivity index (χ2n) is 3.67. The minimum Gasteiger partial charge on any atom is -0.315 e. The van der Waals surface area contributed by atoms with E-state index in [0.29, 0.717) is 0 Å². The van der Waals surface area contributed by atoms with Crippen molar-refractivity contribution >= 4 is 0 Å². The Morgan fingerprint density at radius 3 is 3.25 bits per heavy atom. The van der Waals surface area contributed by atoms with Crippen molar-refractivity contribution in [1.82, 2.24) is 10.2 Å². The largest absolute Gasteiger partial charge is 0.315 e. The van der Waals surface area contributed by atoms with Gasteiger partial charge in [0.25, 0.3) is 0 Å². The van der Waals surface area contributed by atoms with E-state index in [9.17, 15) is 0 Å². The van der Waals surface area contributed by atoms with Gasteiger partial charge >= 0.3 is 0 Å². The highest BCUT2D eigenvalue weighted by atomic mass is 15.2. The van der Waals surface area contributed by atoms with Crippen molar-refractivity contribution in [3.05, 3.63) is 0 Å². The first-order chi connectivity index (χ1) is 5.92. The van der Waals surface area contributed by atoms with E-state index in [1.807, 2.05) is 6.92 Å². The Morgan fingerprint density at radius 1 is 1.50 bits per heavy atom. The number of rotatable bonds is 1. The summed E-state index contributed by atoms with van der Waals surface area (Å²) >= 11 is 0. The van der Waals surface area contributed by atoms with Crippen LogP contribution >= 0.6 is 0 Å². The van der Waals surface area contributed by atoms with Crippen molar-refractivity contribution in [2.24, 2.45) is 5.92 Å². The summed E-state index contributed by atoms with van der Waals surface area (Å²) in [6.07, 6.45) is 1.36. The lowest BCUT2D eigenvalue weighted by Crippen LogP contribution is -2.34. The fourth-order valence-electron chi connectivity index (χ4n) is 2.32. The number of likely N-dealkylation sites (tertiary alicyclic amines) is 1. The maximum absolute atomic E-state index is 3.44. The van der Waals surface area contributed by atoms with Gasteiger partial charge in [-0.1, -0.05) is 5.92 Å². The van der Waals surface area contributed by atoms with Gasteiger partial charge in [0.1, 0.15) is 0 Å². The van der Waals surface area contributed by atoms with E-state index in [-0.39, 0.29) is 0 Å². The van der Waals surface area contributed by atoms with Crippen LogP contribution in [-0.4, -0.2) is 37.1 Å². The molecule has 2 atom stereocenters. The van der Waals surface area contributed by atoms with Crippen molar-refractivity contribution in [1.29, 1.82) is 0 Å². The van der Waals surface area contributed by atoms with Gasteiger partial charge in [0.2, 0.25) is 0 Å². The van der Waals surface area contributed by atoms with Crippen molar-refractivity contribution in [2.45, 2.75) is 19.4 Å². The molecule has 0 amide bonds.